The lowest BCUT2D eigenvalue weighted by Gasteiger charge is -2.20. The standard InChI is InChI=1S/C25H26N2O5/c1-14(22(28)27-16-10-15-11-25(15,12-16)23(29)30)26-24(31)32-13-21-19-8-4-2-6-17(19)18-7-3-5-9-20(18)21/h2-9,14-16,21H,10-13H2,1H3,(H,26,31)(H,27,28)(H,29,30)/t14-,15-,16+,25+/m0/s1. The molecule has 2 aromatic carbocycles. The van der Waals surface area contributed by atoms with E-state index in [1.165, 1.54) is 0 Å². The number of hydrogen-bond acceptors (Lipinski definition) is 4. The van der Waals surface area contributed by atoms with Gasteiger partial charge in [0.1, 0.15) is 12.6 Å². The molecule has 7 nitrogen and oxygen atoms in total. The van der Waals surface area contributed by atoms with Crippen molar-refractivity contribution in [2.45, 2.75) is 44.2 Å². The molecule has 4 atom stereocenters. The maximum atomic E-state index is 12.5. The summed E-state index contributed by atoms with van der Waals surface area (Å²) in [5.74, 6) is -1.00. The maximum Gasteiger partial charge on any atom is 0.407 e. The first-order chi connectivity index (χ1) is 15.4. The van der Waals surface area contributed by atoms with Gasteiger partial charge in [-0.25, -0.2) is 4.79 Å². The highest BCUT2D eigenvalue weighted by Crippen LogP contribution is 2.63. The molecule has 0 saturated heterocycles. The van der Waals surface area contributed by atoms with Gasteiger partial charge in [-0.2, -0.15) is 0 Å². The molecule has 0 aromatic heterocycles. The summed E-state index contributed by atoms with van der Waals surface area (Å²) in [7, 11) is 0. The van der Waals surface area contributed by atoms with Crippen molar-refractivity contribution in [1.29, 1.82) is 0 Å². The first-order valence-corrected chi connectivity index (χ1v) is 11.0. The molecule has 0 heterocycles. The largest absolute Gasteiger partial charge is 0.481 e. The molecule has 0 bridgehead atoms. The van der Waals surface area contributed by atoms with Crippen molar-refractivity contribution in [2.75, 3.05) is 6.61 Å². The molecule has 0 aliphatic heterocycles. The molecule has 2 saturated carbocycles. The van der Waals surface area contributed by atoms with Crippen LogP contribution in [0.25, 0.3) is 11.1 Å². The molecule has 0 radical (unpaired) electrons. The van der Waals surface area contributed by atoms with Crippen LogP contribution in [0.15, 0.2) is 48.5 Å². The Morgan fingerprint density at radius 3 is 2.28 bits per heavy atom. The van der Waals surface area contributed by atoms with Gasteiger partial charge in [0.15, 0.2) is 0 Å². The van der Waals surface area contributed by atoms with E-state index < -0.39 is 23.5 Å². The Balaban J connectivity index is 1.15. The first-order valence-electron chi connectivity index (χ1n) is 11.0. The van der Waals surface area contributed by atoms with Crippen molar-refractivity contribution in [1.82, 2.24) is 10.6 Å². The fraction of sp³-hybridized carbons (Fsp3) is 0.400. The number of fused-ring (bicyclic) bond motifs is 4. The van der Waals surface area contributed by atoms with Crippen LogP contribution in [0.3, 0.4) is 0 Å². The van der Waals surface area contributed by atoms with Gasteiger partial charge in [0.2, 0.25) is 5.91 Å². The zero-order chi connectivity index (χ0) is 22.5. The van der Waals surface area contributed by atoms with Crippen molar-refractivity contribution >= 4 is 18.0 Å². The normalized spacial score (nSPS) is 25.8. The van der Waals surface area contributed by atoms with Crippen LogP contribution in [0.5, 0.6) is 0 Å². The second-order valence-electron chi connectivity index (χ2n) is 9.20. The van der Waals surface area contributed by atoms with Gasteiger partial charge in [0.25, 0.3) is 0 Å². The van der Waals surface area contributed by atoms with Crippen molar-refractivity contribution in [3.63, 3.8) is 0 Å². The molecular formula is C25H26N2O5. The predicted molar refractivity (Wildman–Crippen MR) is 117 cm³/mol. The van der Waals surface area contributed by atoms with Crippen LogP contribution < -0.4 is 10.6 Å². The molecule has 32 heavy (non-hydrogen) atoms. The summed E-state index contributed by atoms with van der Waals surface area (Å²) in [5.41, 5.74) is 3.90. The highest BCUT2D eigenvalue weighted by molar-refractivity contribution is 5.86. The Hall–Kier alpha value is -3.35. The predicted octanol–water partition coefficient (Wildman–Crippen LogP) is 3.28. The number of amides is 2. The minimum Gasteiger partial charge on any atom is -0.481 e. The summed E-state index contributed by atoms with van der Waals surface area (Å²) >= 11 is 0. The third-order valence-corrected chi connectivity index (χ3v) is 7.26. The van der Waals surface area contributed by atoms with E-state index in [-0.39, 0.29) is 30.4 Å². The van der Waals surface area contributed by atoms with Gasteiger partial charge < -0.3 is 20.5 Å². The number of carbonyl (C=O) groups is 3. The van der Waals surface area contributed by atoms with E-state index >= 15 is 0 Å². The lowest BCUT2D eigenvalue weighted by molar-refractivity contribution is -0.143. The molecule has 0 spiro atoms. The van der Waals surface area contributed by atoms with Crippen molar-refractivity contribution in [3.8, 4) is 11.1 Å². The number of benzene rings is 2. The third-order valence-electron chi connectivity index (χ3n) is 7.26. The average molecular weight is 434 g/mol. The Morgan fingerprint density at radius 1 is 1.06 bits per heavy atom. The smallest absolute Gasteiger partial charge is 0.407 e. The SMILES string of the molecule is C[C@H](NC(=O)OCC1c2ccccc2-c2ccccc21)C(=O)N[C@@H]1C[C@H]2C[C@@]2(C(=O)O)C1. The monoisotopic (exact) mass is 434 g/mol. The Morgan fingerprint density at radius 2 is 1.69 bits per heavy atom. The van der Waals surface area contributed by atoms with Crippen LogP contribution >= 0.6 is 0 Å². The van der Waals surface area contributed by atoms with Gasteiger partial charge in [-0.15, -0.1) is 0 Å². The van der Waals surface area contributed by atoms with Crippen molar-refractivity contribution in [3.05, 3.63) is 59.7 Å². The van der Waals surface area contributed by atoms with Gasteiger partial charge in [0, 0.05) is 12.0 Å². The van der Waals surface area contributed by atoms with Crippen LogP contribution in [0.2, 0.25) is 0 Å². The fourth-order valence-corrected chi connectivity index (χ4v) is 5.47. The van der Waals surface area contributed by atoms with E-state index in [4.69, 9.17) is 4.74 Å². The highest BCUT2D eigenvalue weighted by Gasteiger charge is 2.65. The summed E-state index contributed by atoms with van der Waals surface area (Å²) in [6.07, 6.45) is 1.18. The average Bonchev–Trinajstić information content (AvgIpc) is 3.21. The summed E-state index contributed by atoms with van der Waals surface area (Å²) in [6, 6.07) is 15.3. The summed E-state index contributed by atoms with van der Waals surface area (Å²) in [6.45, 7) is 1.78. The zero-order valence-corrected chi connectivity index (χ0v) is 17.8. The molecule has 166 valence electrons. The number of rotatable bonds is 6. The van der Waals surface area contributed by atoms with Crippen LogP contribution in [0.4, 0.5) is 4.79 Å². The second kappa shape index (κ2) is 7.65. The lowest BCUT2D eigenvalue weighted by atomic mass is 9.98. The van der Waals surface area contributed by atoms with Crippen molar-refractivity contribution in [2.24, 2.45) is 11.3 Å². The molecule has 2 amide bonds. The fourth-order valence-electron chi connectivity index (χ4n) is 5.47. The number of alkyl carbamates (subject to hydrolysis) is 1. The molecule has 5 rings (SSSR count). The van der Waals surface area contributed by atoms with E-state index in [0.29, 0.717) is 19.3 Å². The highest BCUT2D eigenvalue weighted by atomic mass is 16.5. The van der Waals surface area contributed by atoms with Gasteiger partial charge in [-0.05, 0) is 54.4 Å². The van der Waals surface area contributed by atoms with E-state index in [1.54, 1.807) is 6.92 Å². The molecule has 3 aliphatic carbocycles. The number of hydrogen-bond donors (Lipinski definition) is 3. The molecule has 0 unspecified atom stereocenters. The number of carboxylic acid groups (broad SMARTS) is 1. The number of nitrogens with one attached hydrogen (secondary N) is 2. The number of carboxylic acids is 1. The van der Waals surface area contributed by atoms with Gasteiger partial charge in [0.05, 0.1) is 5.41 Å². The molecule has 2 fully saturated rings. The minimum atomic E-state index is -0.775. The second-order valence-corrected chi connectivity index (χ2v) is 9.20. The van der Waals surface area contributed by atoms with Crippen LogP contribution in [-0.4, -0.2) is 41.8 Å². The number of ether oxygens (including phenoxy) is 1. The topological polar surface area (TPSA) is 105 Å². The van der Waals surface area contributed by atoms with E-state index in [2.05, 4.69) is 22.8 Å². The van der Waals surface area contributed by atoms with Crippen LogP contribution in [0.1, 0.15) is 43.2 Å². The molecular weight excluding hydrogens is 408 g/mol. The van der Waals surface area contributed by atoms with Crippen molar-refractivity contribution < 1.29 is 24.2 Å². The molecule has 7 heteroatoms. The van der Waals surface area contributed by atoms with Gasteiger partial charge in [-0.3, -0.25) is 9.59 Å². The number of aliphatic carboxylic acids is 1. The molecule has 3 aliphatic rings. The minimum absolute atomic E-state index is 0.0466. The maximum absolute atomic E-state index is 12.5. The summed E-state index contributed by atoms with van der Waals surface area (Å²) in [5, 5.41) is 14.8. The summed E-state index contributed by atoms with van der Waals surface area (Å²) < 4.78 is 5.49. The Labute approximate surface area is 186 Å². The van der Waals surface area contributed by atoms with Crippen LogP contribution in [0, 0.1) is 11.3 Å². The van der Waals surface area contributed by atoms with E-state index in [0.717, 1.165) is 22.3 Å². The Kier molecular flexibility index (Phi) is 4.92. The lowest BCUT2D eigenvalue weighted by Crippen LogP contribution is -2.48. The van der Waals surface area contributed by atoms with Crippen LogP contribution in [-0.2, 0) is 14.3 Å². The zero-order valence-electron chi connectivity index (χ0n) is 17.8. The first kappa shape index (κ1) is 20.5. The van der Waals surface area contributed by atoms with E-state index in [1.807, 2.05) is 36.4 Å². The number of carbonyl (C=O) groups excluding carboxylic acids is 2. The molecule has 2 aromatic rings. The van der Waals surface area contributed by atoms with Gasteiger partial charge in [-0.1, -0.05) is 48.5 Å². The Bertz CT molecular complexity index is 1050. The summed E-state index contributed by atoms with van der Waals surface area (Å²) in [4.78, 5) is 36.3. The van der Waals surface area contributed by atoms with E-state index in [9.17, 15) is 19.5 Å². The quantitative estimate of drug-likeness (QED) is 0.647. The molecule has 3 N–H and O–H groups in total. The van der Waals surface area contributed by atoms with Gasteiger partial charge >= 0.3 is 12.1 Å². The third kappa shape index (κ3) is 3.42.